The Hall–Kier alpha value is -2.63. The van der Waals surface area contributed by atoms with Crippen LogP contribution in [-0.2, 0) is 0 Å². The maximum atomic E-state index is 13.3. The molecule has 0 atom stereocenters. The second kappa shape index (κ2) is 5.56. The average Bonchev–Trinajstić information content (AvgIpc) is 2.45. The van der Waals surface area contributed by atoms with Crippen molar-refractivity contribution in [1.82, 2.24) is 0 Å². The summed E-state index contributed by atoms with van der Waals surface area (Å²) >= 11 is 0. The van der Waals surface area contributed by atoms with E-state index >= 15 is 0 Å². The highest BCUT2D eigenvalue weighted by Gasteiger charge is 2.14. The highest BCUT2D eigenvalue weighted by Crippen LogP contribution is 2.28. The molecule has 4 nitrogen and oxygen atoms in total. The molecular weight excluding hydrogens is 264 g/mol. The summed E-state index contributed by atoms with van der Waals surface area (Å²) in [6.45, 7) is 0. The standard InChI is InChI=1S/C14H13F2N3O/c1-19(11-4-2-3-9(15)7-11)13-6-5-10(16)8-12(13)14(17)18-20/h2-8,20H,1H3,(H2,17,18). The normalized spacial score (nSPS) is 11.4. The summed E-state index contributed by atoms with van der Waals surface area (Å²) in [6.07, 6.45) is 0. The van der Waals surface area contributed by atoms with E-state index in [0.29, 0.717) is 11.4 Å². The Morgan fingerprint density at radius 1 is 1.15 bits per heavy atom. The molecule has 0 radical (unpaired) electrons. The highest BCUT2D eigenvalue weighted by atomic mass is 19.1. The van der Waals surface area contributed by atoms with Gasteiger partial charge in [0.05, 0.1) is 5.69 Å². The first-order chi connectivity index (χ1) is 9.52. The Balaban J connectivity index is 2.52. The monoisotopic (exact) mass is 277 g/mol. The summed E-state index contributed by atoms with van der Waals surface area (Å²) in [7, 11) is 1.68. The van der Waals surface area contributed by atoms with Crippen molar-refractivity contribution in [3.05, 3.63) is 59.7 Å². The molecule has 0 aliphatic rings. The molecule has 3 N–H and O–H groups in total. The molecule has 0 saturated carbocycles. The van der Waals surface area contributed by atoms with E-state index in [0.717, 1.165) is 6.07 Å². The van der Waals surface area contributed by atoms with Gasteiger partial charge in [-0.15, -0.1) is 0 Å². The molecule has 0 saturated heterocycles. The lowest BCUT2D eigenvalue weighted by molar-refractivity contribution is 0.318. The van der Waals surface area contributed by atoms with Crippen molar-refractivity contribution in [2.45, 2.75) is 0 Å². The van der Waals surface area contributed by atoms with E-state index in [-0.39, 0.29) is 17.2 Å². The molecule has 0 heterocycles. The Morgan fingerprint density at radius 2 is 1.85 bits per heavy atom. The van der Waals surface area contributed by atoms with Crippen molar-refractivity contribution in [2.24, 2.45) is 10.9 Å². The molecule has 2 rings (SSSR count). The van der Waals surface area contributed by atoms with Gasteiger partial charge in [0.15, 0.2) is 5.84 Å². The summed E-state index contributed by atoms with van der Waals surface area (Å²) in [5, 5.41) is 11.6. The minimum absolute atomic E-state index is 0.220. The van der Waals surface area contributed by atoms with Gasteiger partial charge in [0.2, 0.25) is 0 Å². The van der Waals surface area contributed by atoms with E-state index in [4.69, 9.17) is 10.9 Å². The number of hydrogen-bond acceptors (Lipinski definition) is 3. The van der Waals surface area contributed by atoms with E-state index in [1.807, 2.05) is 0 Å². The van der Waals surface area contributed by atoms with Crippen molar-refractivity contribution in [3.63, 3.8) is 0 Å². The SMILES string of the molecule is CN(c1cccc(F)c1)c1ccc(F)cc1C(N)=NO. The van der Waals surface area contributed by atoms with Crippen LogP contribution in [0.25, 0.3) is 0 Å². The van der Waals surface area contributed by atoms with Crippen LogP contribution < -0.4 is 10.6 Å². The van der Waals surface area contributed by atoms with Crippen LogP contribution in [-0.4, -0.2) is 18.1 Å². The number of rotatable bonds is 3. The van der Waals surface area contributed by atoms with Gasteiger partial charge in [0, 0.05) is 18.3 Å². The summed E-state index contributed by atoms with van der Waals surface area (Å²) in [5.74, 6) is -1.12. The zero-order valence-corrected chi connectivity index (χ0v) is 10.7. The number of anilines is 2. The highest BCUT2D eigenvalue weighted by molar-refractivity contribution is 6.02. The molecule has 0 aliphatic heterocycles. The Morgan fingerprint density at radius 3 is 2.50 bits per heavy atom. The predicted molar refractivity (Wildman–Crippen MR) is 73.4 cm³/mol. The van der Waals surface area contributed by atoms with Gasteiger partial charge < -0.3 is 15.8 Å². The number of benzene rings is 2. The lowest BCUT2D eigenvalue weighted by Gasteiger charge is -2.22. The third kappa shape index (κ3) is 2.69. The average molecular weight is 277 g/mol. The third-order valence-corrected chi connectivity index (χ3v) is 2.90. The first kappa shape index (κ1) is 13.8. The third-order valence-electron chi connectivity index (χ3n) is 2.90. The number of nitrogens with two attached hydrogens (primary N) is 1. The first-order valence-electron chi connectivity index (χ1n) is 5.79. The van der Waals surface area contributed by atoms with Gasteiger partial charge in [-0.3, -0.25) is 0 Å². The van der Waals surface area contributed by atoms with Gasteiger partial charge in [-0.2, -0.15) is 0 Å². The number of halogens is 2. The number of hydrogen-bond donors (Lipinski definition) is 2. The maximum absolute atomic E-state index is 13.3. The Labute approximate surface area is 114 Å². The van der Waals surface area contributed by atoms with Gasteiger partial charge in [0.1, 0.15) is 11.6 Å². The van der Waals surface area contributed by atoms with Crippen LogP contribution in [0.5, 0.6) is 0 Å². The van der Waals surface area contributed by atoms with Gasteiger partial charge in [-0.1, -0.05) is 11.2 Å². The van der Waals surface area contributed by atoms with E-state index in [1.165, 1.54) is 24.3 Å². The van der Waals surface area contributed by atoms with Crippen molar-refractivity contribution in [1.29, 1.82) is 0 Å². The smallest absolute Gasteiger partial charge is 0.172 e. The van der Waals surface area contributed by atoms with Crippen LogP contribution in [0.15, 0.2) is 47.6 Å². The van der Waals surface area contributed by atoms with Crippen LogP contribution >= 0.6 is 0 Å². The summed E-state index contributed by atoms with van der Waals surface area (Å²) < 4.78 is 26.6. The van der Waals surface area contributed by atoms with Crippen molar-refractivity contribution in [3.8, 4) is 0 Å². The molecule has 6 heteroatoms. The summed E-state index contributed by atoms with van der Waals surface area (Å²) in [4.78, 5) is 1.62. The van der Waals surface area contributed by atoms with Gasteiger partial charge in [-0.25, -0.2) is 8.78 Å². The molecule has 0 amide bonds. The van der Waals surface area contributed by atoms with Gasteiger partial charge >= 0.3 is 0 Å². The molecule has 0 spiro atoms. The molecule has 0 fully saturated rings. The lowest BCUT2D eigenvalue weighted by atomic mass is 10.1. The van der Waals surface area contributed by atoms with Crippen LogP contribution in [0.4, 0.5) is 20.2 Å². The summed E-state index contributed by atoms with van der Waals surface area (Å²) in [5.41, 5.74) is 6.82. The second-order valence-corrected chi connectivity index (χ2v) is 4.19. The first-order valence-corrected chi connectivity index (χ1v) is 5.79. The Kier molecular flexibility index (Phi) is 3.84. The molecule has 2 aromatic rings. The zero-order chi connectivity index (χ0) is 14.7. The van der Waals surface area contributed by atoms with E-state index in [1.54, 1.807) is 24.1 Å². The second-order valence-electron chi connectivity index (χ2n) is 4.19. The predicted octanol–water partition coefficient (Wildman–Crippen LogP) is 2.83. The largest absolute Gasteiger partial charge is 0.409 e. The maximum Gasteiger partial charge on any atom is 0.172 e. The fraction of sp³-hybridized carbons (Fsp3) is 0.0714. The van der Waals surface area contributed by atoms with Crippen LogP contribution in [0, 0.1) is 11.6 Å². The van der Waals surface area contributed by atoms with Crippen LogP contribution in [0.2, 0.25) is 0 Å². The molecular formula is C14H13F2N3O. The van der Waals surface area contributed by atoms with Gasteiger partial charge in [-0.05, 0) is 36.4 Å². The minimum atomic E-state index is -0.511. The van der Waals surface area contributed by atoms with Crippen LogP contribution in [0.3, 0.4) is 0 Å². The summed E-state index contributed by atoms with van der Waals surface area (Å²) in [6, 6.07) is 9.80. The molecule has 2 aromatic carbocycles. The van der Waals surface area contributed by atoms with E-state index < -0.39 is 5.82 Å². The molecule has 0 aromatic heterocycles. The van der Waals surface area contributed by atoms with Crippen LogP contribution in [0.1, 0.15) is 5.56 Å². The van der Waals surface area contributed by atoms with Gasteiger partial charge in [0.25, 0.3) is 0 Å². The number of oxime groups is 1. The number of amidine groups is 1. The minimum Gasteiger partial charge on any atom is -0.409 e. The topological polar surface area (TPSA) is 61.8 Å². The van der Waals surface area contributed by atoms with Crippen molar-refractivity contribution >= 4 is 17.2 Å². The van der Waals surface area contributed by atoms with Crippen molar-refractivity contribution in [2.75, 3.05) is 11.9 Å². The molecule has 20 heavy (non-hydrogen) atoms. The fourth-order valence-electron chi connectivity index (χ4n) is 1.88. The number of nitrogens with zero attached hydrogens (tertiary/aromatic N) is 2. The lowest BCUT2D eigenvalue weighted by Crippen LogP contribution is -2.20. The molecule has 0 bridgehead atoms. The quantitative estimate of drug-likeness (QED) is 0.392. The fourth-order valence-corrected chi connectivity index (χ4v) is 1.88. The molecule has 0 aliphatic carbocycles. The zero-order valence-electron chi connectivity index (χ0n) is 10.7. The Bertz CT molecular complexity index is 659. The molecule has 0 unspecified atom stereocenters. The molecule has 104 valence electrons. The van der Waals surface area contributed by atoms with E-state index in [2.05, 4.69) is 5.16 Å². The van der Waals surface area contributed by atoms with E-state index in [9.17, 15) is 8.78 Å². The van der Waals surface area contributed by atoms with Crippen molar-refractivity contribution < 1.29 is 14.0 Å².